The molecule has 16 heavy (non-hydrogen) atoms. The smallest absolute Gasteiger partial charge is 0.320 e. The Morgan fingerprint density at radius 2 is 2.31 bits per heavy atom. The zero-order chi connectivity index (χ0) is 12.1. The summed E-state index contributed by atoms with van der Waals surface area (Å²) in [5.41, 5.74) is 0.836. The molecule has 0 fully saturated rings. The number of carboxylic acids is 1. The van der Waals surface area contributed by atoms with E-state index in [1.165, 1.54) is 0 Å². The maximum Gasteiger partial charge on any atom is 0.320 e. The molecule has 1 unspecified atom stereocenters. The highest BCUT2D eigenvalue weighted by Crippen LogP contribution is 2.22. The van der Waals surface area contributed by atoms with Gasteiger partial charge in [0.2, 0.25) is 0 Å². The normalized spacial score (nSPS) is 12.2. The van der Waals surface area contributed by atoms with Gasteiger partial charge in [-0.15, -0.1) is 0 Å². The molecule has 0 amide bonds. The fraction of sp³-hybridized carbons (Fsp3) is 0.364. The number of halogens is 1. The second kappa shape index (κ2) is 5.72. The molecular weight excluding hydrogens is 230 g/mol. The van der Waals surface area contributed by atoms with E-state index in [9.17, 15) is 4.79 Å². The van der Waals surface area contributed by atoms with E-state index in [1.54, 1.807) is 32.2 Å². The third-order valence-electron chi connectivity index (χ3n) is 2.21. The maximum absolute atomic E-state index is 10.6. The van der Waals surface area contributed by atoms with Gasteiger partial charge >= 0.3 is 5.97 Å². The Kier molecular flexibility index (Phi) is 4.58. The Labute approximate surface area is 99.2 Å². The minimum atomic E-state index is -0.888. The van der Waals surface area contributed by atoms with Crippen molar-refractivity contribution in [1.29, 1.82) is 0 Å². The molecule has 1 aromatic carbocycles. The molecule has 1 rings (SSSR count). The first-order chi connectivity index (χ1) is 7.54. The highest BCUT2D eigenvalue weighted by atomic mass is 35.5. The van der Waals surface area contributed by atoms with Crippen LogP contribution in [0.25, 0.3) is 0 Å². The van der Waals surface area contributed by atoms with E-state index < -0.39 is 12.0 Å². The largest absolute Gasteiger partial charge is 0.496 e. The third kappa shape index (κ3) is 3.40. The topological polar surface area (TPSA) is 58.6 Å². The van der Waals surface area contributed by atoms with Crippen molar-refractivity contribution in [1.82, 2.24) is 5.32 Å². The van der Waals surface area contributed by atoms with Crippen LogP contribution in [0.2, 0.25) is 5.02 Å². The zero-order valence-electron chi connectivity index (χ0n) is 9.16. The molecular formula is C11H14ClNO3. The average Bonchev–Trinajstić information content (AvgIpc) is 2.25. The van der Waals surface area contributed by atoms with Crippen LogP contribution in [-0.2, 0) is 11.3 Å². The van der Waals surface area contributed by atoms with Gasteiger partial charge < -0.3 is 15.2 Å². The molecule has 0 heterocycles. The molecule has 1 atom stereocenters. The summed E-state index contributed by atoms with van der Waals surface area (Å²) in [6, 6.07) is 4.63. The second-order valence-electron chi connectivity index (χ2n) is 3.40. The molecule has 1 aromatic rings. The molecule has 88 valence electrons. The number of hydrogen-bond acceptors (Lipinski definition) is 3. The number of aliphatic carboxylic acids is 1. The van der Waals surface area contributed by atoms with Crippen molar-refractivity contribution in [2.45, 2.75) is 19.5 Å². The minimum Gasteiger partial charge on any atom is -0.496 e. The van der Waals surface area contributed by atoms with Gasteiger partial charge in [-0.25, -0.2) is 0 Å². The quantitative estimate of drug-likeness (QED) is 0.830. The zero-order valence-corrected chi connectivity index (χ0v) is 9.91. The van der Waals surface area contributed by atoms with E-state index >= 15 is 0 Å². The Hall–Kier alpha value is -1.26. The summed E-state index contributed by atoms with van der Waals surface area (Å²) in [5.74, 6) is -0.199. The lowest BCUT2D eigenvalue weighted by atomic mass is 10.2. The number of benzene rings is 1. The summed E-state index contributed by atoms with van der Waals surface area (Å²) < 4.78 is 5.15. The molecule has 0 bridgehead atoms. The predicted molar refractivity (Wildman–Crippen MR) is 61.9 cm³/mol. The van der Waals surface area contributed by atoms with Gasteiger partial charge in [0, 0.05) is 17.1 Å². The van der Waals surface area contributed by atoms with Gasteiger partial charge in [-0.2, -0.15) is 0 Å². The Bertz CT molecular complexity index is 381. The van der Waals surface area contributed by atoms with Crippen LogP contribution in [0.4, 0.5) is 0 Å². The van der Waals surface area contributed by atoms with Crippen LogP contribution in [0.3, 0.4) is 0 Å². The average molecular weight is 244 g/mol. The molecule has 2 N–H and O–H groups in total. The van der Waals surface area contributed by atoms with E-state index in [4.69, 9.17) is 21.4 Å². The molecule has 0 aliphatic heterocycles. The van der Waals surface area contributed by atoms with E-state index in [-0.39, 0.29) is 0 Å². The monoisotopic (exact) mass is 243 g/mol. The van der Waals surface area contributed by atoms with E-state index in [0.717, 1.165) is 5.56 Å². The van der Waals surface area contributed by atoms with Crippen molar-refractivity contribution < 1.29 is 14.6 Å². The van der Waals surface area contributed by atoms with Crippen LogP contribution in [0.5, 0.6) is 5.75 Å². The SMILES string of the molecule is COc1ccc(Cl)cc1CNC(C)C(=O)O. The standard InChI is InChI=1S/C11H14ClNO3/c1-7(11(14)15)13-6-8-5-9(12)3-4-10(8)16-2/h3-5,7,13H,6H2,1-2H3,(H,14,15). The first-order valence-electron chi connectivity index (χ1n) is 4.83. The van der Waals surface area contributed by atoms with Gasteiger partial charge in [0.15, 0.2) is 0 Å². The molecule has 4 nitrogen and oxygen atoms in total. The van der Waals surface area contributed by atoms with Gasteiger partial charge in [-0.1, -0.05) is 11.6 Å². The van der Waals surface area contributed by atoms with Gasteiger partial charge in [0.1, 0.15) is 11.8 Å². The van der Waals surface area contributed by atoms with Crippen LogP contribution >= 0.6 is 11.6 Å². The van der Waals surface area contributed by atoms with Gasteiger partial charge in [0.25, 0.3) is 0 Å². The van der Waals surface area contributed by atoms with Crippen molar-refractivity contribution in [2.75, 3.05) is 7.11 Å². The molecule has 0 radical (unpaired) electrons. The van der Waals surface area contributed by atoms with Gasteiger partial charge in [-0.3, -0.25) is 4.79 Å². The van der Waals surface area contributed by atoms with E-state index in [0.29, 0.717) is 17.3 Å². The summed E-state index contributed by atoms with van der Waals surface area (Å²) in [6.45, 7) is 1.98. The summed E-state index contributed by atoms with van der Waals surface area (Å²) in [5, 5.41) is 12.2. The summed E-state index contributed by atoms with van der Waals surface area (Å²) in [7, 11) is 1.56. The molecule has 0 aliphatic carbocycles. The number of rotatable bonds is 5. The number of carbonyl (C=O) groups is 1. The summed E-state index contributed by atoms with van der Waals surface area (Å²) in [4.78, 5) is 10.6. The van der Waals surface area contributed by atoms with Crippen LogP contribution in [0.15, 0.2) is 18.2 Å². The van der Waals surface area contributed by atoms with Crippen LogP contribution < -0.4 is 10.1 Å². The molecule has 5 heteroatoms. The lowest BCUT2D eigenvalue weighted by Gasteiger charge is -2.12. The fourth-order valence-electron chi connectivity index (χ4n) is 1.24. The second-order valence-corrected chi connectivity index (χ2v) is 3.83. The first-order valence-corrected chi connectivity index (χ1v) is 5.21. The summed E-state index contributed by atoms with van der Waals surface area (Å²) >= 11 is 5.85. The van der Waals surface area contributed by atoms with Crippen molar-refractivity contribution in [3.8, 4) is 5.75 Å². The van der Waals surface area contributed by atoms with E-state index in [2.05, 4.69) is 5.32 Å². The van der Waals surface area contributed by atoms with Gasteiger partial charge in [-0.05, 0) is 25.1 Å². The van der Waals surface area contributed by atoms with Crippen molar-refractivity contribution in [3.05, 3.63) is 28.8 Å². The van der Waals surface area contributed by atoms with E-state index in [1.807, 2.05) is 0 Å². The Morgan fingerprint density at radius 1 is 1.62 bits per heavy atom. The van der Waals surface area contributed by atoms with Crippen molar-refractivity contribution in [2.24, 2.45) is 0 Å². The number of hydrogen-bond donors (Lipinski definition) is 2. The molecule has 0 saturated carbocycles. The van der Waals surface area contributed by atoms with Crippen LogP contribution in [0.1, 0.15) is 12.5 Å². The number of carboxylic acid groups (broad SMARTS) is 1. The highest BCUT2D eigenvalue weighted by molar-refractivity contribution is 6.30. The lowest BCUT2D eigenvalue weighted by molar-refractivity contribution is -0.139. The molecule has 0 saturated heterocycles. The Morgan fingerprint density at radius 3 is 2.88 bits per heavy atom. The number of methoxy groups -OCH3 is 1. The number of nitrogens with one attached hydrogen (secondary N) is 1. The van der Waals surface area contributed by atoms with Crippen molar-refractivity contribution in [3.63, 3.8) is 0 Å². The summed E-state index contributed by atoms with van der Waals surface area (Å²) in [6.07, 6.45) is 0. The van der Waals surface area contributed by atoms with Gasteiger partial charge in [0.05, 0.1) is 7.11 Å². The molecule has 0 aromatic heterocycles. The highest BCUT2D eigenvalue weighted by Gasteiger charge is 2.11. The minimum absolute atomic E-state index is 0.400. The predicted octanol–water partition coefficient (Wildman–Crippen LogP) is 1.91. The lowest BCUT2D eigenvalue weighted by Crippen LogP contribution is -2.33. The fourth-order valence-corrected chi connectivity index (χ4v) is 1.43. The maximum atomic E-state index is 10.6. The number of ether oxygens (including phenoxy) is 1. The Balaban J connectivity index is 2.72. The third-order valence-corrected chi connectivity index (χ3v) is 2.45. The molecule has 0 spiro atoms. The van der Waals surface area contributed by atoms with Crippen LogP contribution in [-0.4, -0.2) is 24.2 Å². The van der Waals surface area contributed by atoms with Crippen LogP contribution in [0, 0.1) is 0 Å². The first kappa shape index (κ1) is 12.8. The van der Waals surface area contributed by atoms with Crippen molar-refractivity contribution >= 4 is 17.6 Å². The molecule has 0 aliphatic rings.